The van der Waals surface area contributed by atoms with Gasteiger partial charge in [0.1, 0.15) is 12.1 Å². The van der Waals surface area contributed by atoms with E-state index in [1.54, 1.807) is 18.6 Å². The van der Waals surface area contributed by atoms with Crippen LogP contribution in [0.3, 0.4) is 0 Å². The van der Waals surface area contributed by atoms with E-state index in [4.69, 9.17) is 0 Å². The van der Waals surface area contributed by atoms with Gasteiger partial charge in [-0.3, -0.25) is 13.8 Å². The maximum absolute atomic E-state index is 12.5. The number of nitrogens with zero attached hydrogens (tertiary/aromatic N) is 3. The number of hydrogen-bond acceptors (Lipinski definition) is 3. The summed E-state index contributed by atoms with van der Waals surface area (Å²) in [6.45, 7) is -0.428. The molecule has 3 aromatic rings. The lowest BCUT2D eigenvalue weighted by atomic mass is 10.3. The Hall–Kier alpha value is -2.76. The van der Waals surface area contributed by atoms with Crippen molar-refractivity contribution in [3.8, 4) is 5.82 Å². The summed E-state index contributed by atoms with van der Waals surface area (Å²) in [6, 6.07) is 11.4. The molecule has 1 aliphatic rings. The molecule has 1 aliphatic carbocycles. The number of nitrogens with one attached hydrogen (secondary N) is 1. The molecule has 1 N–H and O–H groups in total. The monoisotopic (exact) mass is 310 g/mol. The Morgan fingerprint density at radius 1 is 1.26 bits per heavy atom. The number of alkyl halides is 1. The van der Waals surface area contributed by atoms with Gasteiger partial charge >= 0.3 is 0 Å². The molecule has 1 saturated carbocycles. The van der Waals surface area contributed by atoms with Crippen LogP contribution in [-0.2, 0) is 4.79 Å². The summed E-state index contributed by atoms with van der Waals surface area (Å²) >= 11 is 0. The van der Waals surface area contributed by atoms with Crippen molar-refractivity contribution in [1.29, 1.82) is 0 Å². The van der Waals surface area contributed by atoms with Crippen LogP contribution in [0.25, 0.3) is 16.9 Å². The van der Waals surface area contributed by atoms with E-state index in [1.807, 2.05) is 34.9 Å². The molecular formula is C17H15FN4O. The van der Waals surface area contributed by atoms with Crippen LogP contribution in [0, 0.1) is 11.8 Å². The number of imidazole rings is 1. The Balaban J connectivity index is 1.53. The van der Waals surface area contributed by atoms with Crippen molar-refractivity contribution < 1.29 is 9.18 Å². The summed E-state index contributed by atoms with van der Waals surface area (Å²) in [5.41, 5.74) is 2.49. The maximum Gasteiger partial charge on any atom is 0.227 e. The first-order valence-corrected chi connectivity index (χ1v) is 7.51. The standard InChI is InChI=1S/C17H15FN4O/c18-8-11-7-13(11)17(23)21-12-5-6-16(19-9-12)22-10-20-14-3-1-2-4-15(14)22/h1-6,9-11,13H,7-8H2,(H,21,23)/t11-,13+/m0/s1. The van der Waals surface area contributed by atoms with Crippen molar-refractivity contribution in [2.75, 3.05) is 12.0 Å². The van der Waals surface area contributed by atoms with Crippen molar-refractivity contribution >= 4 is 22.6 Å². The number of rotatable bonds is 4. The summed E-state index contributed by atoms with van der Waals surface area (Å²) in [6.07, 6.45) is 3.96. The van der Waals surface area contributed by atoms with E-state index in [0.29, 0.717) is 12.1 Å². The van der Waals surface area contributed by atoms with Gasteiger partial charge < -0.3 is 5.32 Å². The van der Waals surface area contributed by atoms with E-state index in [2.05, 4.69) is 15.3 Å². The Labute approximate surface area is 132 Å². The number of fused-ring (bicyclic) bond motifs is 1. The van der Waals surface area contributed by atoms with Crippen LogP contribution in [-0.4, -0.2) is 27.1 Å². The number of anilines is 1. The van der Waals surface area contributed by atoms with Crippen LogP contribution >= 0.6 is 0 Å². The highest BCUT2D eigenvalue weighted by molar-refractivity contribution is 5.94. The minimum Gasteiger partial charge on any atom is -0.324 e. The molecule has 2 atom stereocenters. The lowest BCUT2D eigenvalue weighted by Crippen LogP contribution is -2.15. The second-order valence-electron chi connectivity index (χ2n) is 5.75. The largest absolute Gasteiger partial charge is 0.324 e. The molecule has 1 amide bonds. The maximum atomic E-state index is 12.5. The highest BCUT2D eigenvalue weighted by Gasteiger charge is 2.42. The Morgan fingerprint density at radius 3 is 2.87 bits per heavy atom. The zero-order valence-electron chi connectivity index (χ0n) is 12.3. The highest BCUT2D eigenvalue weighted by Crippen LogP contribution is 2.39. The van der Waals surface area contributed by atoms with Crippen molar-refractivity contribution in [2.24, 2.45) is 11.8 Å². The third kappa shape index (κ3) is 2.56. The fourth-order valence-corrected chi connectivity index (χ4v) is 2.72. The molecule has 0 bridgehead atoms. The zero-order valence-corrected chi connectivity index (χ0v) is 12.3. The number of carbonyl (C=O) groups excluding carboxylic acids is 1. The second kappa shape index (κ2) is 5.46. The number of para-hydroxylation sites is 2. The summed E-state index contributed by atoms with van der Waals surface area (Å²) in [4.78, 5) is 20.6. The Morgan fingerprint density at radius 2 is 2.13 bits per heavy atom. The lowest BCUT2D eigenvalue weighted by molar-refractivity contribution is -0.117. The predicted molar refractivity (Wildman–Crippen MR) is 85.1 cm³/mol. The van der Waals surface area contributed by atoms with E-state index >= 15 is 0 Å². The molecule has 0 saturated heterocycles. The number of pyridine rings is 1. The van der Waals surface area contributed by atoms with E-state index in [9.17, 15) is 9.18 Å². The smallest absolute Gasteiger partial charge is 0.227 e. The minimum absolute atomic E-state index is 0.112. The molecule has 1 fully saturated rings. The molecule has 2 aromatic heterocycles. The Bertz CT molecular complexity index is 858. The topological polar surface area (TPSA) is 59.8 Å². The first-order chi connectivity index (χ1) is 11.3. The second-order valence-corrected chi connectivity index (χ2v) is 5.75. The summed E-state index contributed by atoms with van der Waals surface area (Å²) < 4.78 is 14.4. The van der Waals surface area contributed by atoms with Crippen molar-refractivity contribution in [1.82, 2.24) is 14.5 Å². The fraction of sp³-hybridized carbons (Fsp3) is 0.235. The number of benzene rings is 1. The van der Waals surface area contributed by atoms with Crippen molar-refractivity contribution in [2.45, 2.75) is 6.42 Å². The molecule has 0 unspecified atom stereocenters. The molecule has 0 aliphatic heterocycles. The minimum atomic E-state index is -0.428. The van der Waals surface area contributed by atoms with Crippen LogP contribution in [0.1, 0.15) is 6.42 Å². The number of hydrogen-bond donors (Lipinski definition) is 1. The number of amides is 1. The van der Waals surface area contributed by atoms with Crippen LogP contribution < -0.4 is 5.32 Å². The molecule has 0 radical (unpaired) electrons. The van der Waals surface area contributed by atoms with Gasteiger partial charge in [0, 0.05) is 5.92 Å². The van der Waals surface area contributed by atoms with Crippen LogP contribution in [0.15, 0.2) is 48.9 Å². The number of aromatic nitrogens is 3. The summed E-state index contributed by atoms with van der Waals surface area (Å²) in [5.74, 6) is 0.289. The predicted octanol–water partition coefficient (Wildman–Crippen LogP) is 2.96. The summed E-state index contributed by atoms with van der Waals surface area (Å²) in [7, 11) is 0. The third-order valence-corrected chi connectivity index (χ3v) is 4.17. The summed E-state index contributed by atoms with van der Waals surface area (Å²) in [5, 5.41) is 2.78. The third-order valence-electron chi connectivity index (χ3n) is 4.17. The average Bonchev–Trinajstić information content (AvgIpc) is 3.27. The molecule has 23 heavy (non-hydrogen) atoms. The van der Waals surface area contributed by atoms with E-state index in [-0.39, 0.29) is 17.7 Å². The molecule has 6 heteroatoms. The van der Waals surface area contributed by atoms with Gasteiger partial charge in [0.2, 0.25) is 5.91 Å². The van der Waals surface area contributed by atoms with Gasteiger partial charge in [0.05, 0.1) is 29.6 Å². The van der Waals surface area contributed by atoms with Crippen molar-refractivity contribution in [3.05, 3.63) is 48.9 Å². The number of carbonyl (C=O) groups is 1. The molecule has 1 aromatic carbocycles. The highest BCUT2D eigenvalue weighted by atomic mass is 19.1. The molecule has 116 valence electrons. The SMILES string of the molecule is O=C(Nc1ccc(-n2cnc3ccccc32)nc1)[C@@H]1C[C@H]1CF. The lowest BCUT2D eigenvalue weighted by Gasteiger charge is -2.07. The molecule has 0 spiro atoms. The van der Waals surface area contributed by atoms with E-state index in [1.165, 1.54) is 0 Å². The van der Waals surface area contributed by atoms with Gasteiger partial charge in [0.15, 0.2) is 0 Å². The first kappa shape index (κ1) is 13.9. The van der Waals surface area contributed by atoms with Gasteiger partial charge in [-0.1, -0.05) is 12.1 Å². The van der Waals surface area contributed by atoms with E-state index in [0.717, 1.165) is 16.9 Å². The normalized spacial score (nSPS) is 19.7. The van der Waals surface area contributed by atoms with Gasteiger partial charge in [-0.15, -0.1) is 0 Å². The molecule has 2 heterocycles. The van der Waals surface area contributed by atoms with Crippen LogP contribution in [0.2, 0.25) is 0 Å². The first-order valence-electron chi connectivity index (χ1n) is 7.51. The van der Waals surface area contributed by atoms with Gasteiger partial charge in [0.25, 0.3) is 0 Å². The number of halogens is 1. The molecule has 4 rings (SSSR count). The van der Waals surface area contributed by atoms with Gasteiger partial charge in [-0.05, 0) is 36.6 Å². The van der Waals surface area contributed by atoms with Gasteiger partial charge in [-0.2, -0.15) is 0 Å². The Kier molecular flexibility index (Phi) is 3.29. The average molecular weight is 310 g/mol. The zero-order chi connectivity index (χ0) is 15.8. The molecular weight excluding hydrogens is 295 g/mol. The van der Waals surface area contributed by atoms with Crippen molar-refractivity contribution in [3.63, 3.8) is 0 Å². The fourth-order valence-electron chi connectivity index (χ4n) is 2.72. The van der Waals surface area contributed by atoms with E-state index < -0.39 is 6.67 Å². The molecule has 5 nitrogen and oxygen atoms in total. The van der Waals surface area contributed by atoms with Gasteiger partial charge in [-0.25, -0.2) is 9.97 Å². The quantitative estimate of drug-likeness (QED) is 0.806. The van der Waals surface area contributed by atoms with Crippen LogP contribution in [0.4, 0.5) is 10.1 Å². The van der Waals surface area contributed by atoms with Crippen LogP contribution in [0.5, 0.6) is 0 Å².